The summed E-state index contributed by atoms with van der Waals surface area (Å²) in [5.41, 5.74) is 1.52. The highest BCUT2D eigenvalue weighted by atomic mass is 79.9. The van der Waals surface area contributed by atoms with Crippen molar-refractivity contribution in [1.29, 1.82) is 0 Å². The predicted molar refractivity (Wildman–Crippen MR) is 93.7 cm³/mol. The number of carbonyl (C=O) groups is 1. The van der Waals surface area contributed by atoms with Crippen molar-refractivity contribution >= 4 is 44.9 Å². The van der Waals surface area contributed by atoms with Crippen LogP contribution in [0.25, 0.3) is 0 Å². The molecule has 1 amide bonds. The number of hydrogen-bond acceptors (Lipinski definition) is 2. The molecule has 2 rings (SSSR count). The largest absolute Gasteiger partial charge is 0.319 e. The average Bonchev–Trinajstić information content (AvgIpc) is 2.49. The van der Waals surface area contributed by atoms with Crippen LogP contribution in [0, 0.1) is 0 Å². The highest BCUT2D eigenvalue weighted by Crippen LogP contribution is 2.17. The van der Waals surface area contributed by atoms with E-state index >= 15 is 0 Å². The Kier molecular flexibility index (Phi) is 5.47. The summed E-state index contributed by atoms with van der Waals surface area (Å²) in [5, 5.41) is 3.17. The van der Waals surface area contributed by atoms with E-state index in [1.54, 1.807) is 6.07 Å². The predicted octanol–water partition coefficient (Wildman–Crippen LogP) is 3.99. The van der Waals surface area contributed by atoms with Crippen LogP contribution in [-0.2, 0) is 0 Å². The van der Waals surface area contributed by atoms with Gasteiger partial charge in [-0.15, -0.1) is 0 Å². The minimum atomic E-state index is -0.221. The number of amides is 1. The number of anilines is 1. The van der Waals surface area contributed by atoms with Gasteiger partial charge in [-0.05, 0) is 59.3 Å². The molecule has 0 bridgehead atoms. The van der Waals surface area contributed by atoms with Gasteiger partial charge >= 0.3 is 0 Å². The quantitative estimate of drug-likeness (QED) is 0.837. The maximum Gasteiger partial charge on any atom is 0.258 e. The lowest BCUT2D eigenvalue weighted by molar-refractivity contribution is 0.0976. The van der Waals surface area contributed by atoms with E-state index in [-0.39, 0.29) is 5.91 Å². The lowest BCUT2D eigenvalue weighted by atomic mass is 10.2. The maximum absolute atomic E-state index is 12.3. The first-order valence-corrected chi connectivity index (χ1v) is 7.76. The third kappa shape index (κ3) is 3.89. The lowest BCUT2D eigenvalue weighted by Crippen LogP contribution is -2.42. The van der Waals surface area contributed by atoms with Crippen molar-refractivity contribution in [3.05, 3.63) is 64.6 Å². The molecule has 3 nitrogen and oxygen atoms in total. The Hall–Kier alpha value is -1.72. The second-order valence-electron chi connectivity index (χ2n) is 4.32. The highest BCUT2D eigenvalue weighted by molar-refractivity contribution is 9.10. The van der Waals surface area contributed by atoms with Gasteiger partial charge in [0.1, 0.15) is 0 Å². The molecule has 0 saturated heterocycles. The smallest absolute Gasteiger partial charge is 0.258 e. The van der Waals surface area contributed by atoms with Gasteiger partial charge in [-0.1, -0.05) is 30.3 Å². The lowest BCUT2D eigenvalue weighted by Gasteiger charge is -2.24. The zero-order chi connectivity index (χ0) is 15.2. The van der Waals surface area contributed by atoms with Gasteiger partial charge in [0.15, 0.2) is 5.11 Å². The standard InChI is InChI=1S/C16H15BrN2OS/c1-2-19(12-8-4-3-5-9-12)16(21)18-15(20)13-10-6-7-11-14(13)17/h3-11H,2H2,1H3,(H,18,20,21). The number of nitrogens with one attached hydrogen (secondary N) is 1. The summed E-state index contributed by atoms with van der Waals surface area (Å²) in [6.07, 6.45) is 0. The zero-order valence-corrected chi connectivity index (χ0v) is 13.9. The SMILES string of the molecule is CCN(C(=S)NC(=O)c1ccccc1Br)c1ccccc1. The van der Waals surface area contributed by atoms with Crippen LogP contribution in [0.15, 0.2) is 59.1 Å². The molecule has 5 heteroatoms. The molecule has 0 aliphatic heterocycles. The molecular formula is C16H15BrN2OS. The van der Waals surface area contributed by atoms with E-state index < -0.39 is 0 Å². The first-order chi connectivity index (χ1) is 10.1. The fourth-order valence-corrected chi connectivity index (χ4v) is 2.72. The third-order valence-corrected chi connectivity index (χ3v) is 3.98. The van der Waals surface area contributed by atoms with E-state index in [1.165, 1.54) is 0 Å². The third-order valence-electron chi connectivity index (χ3n) is 2.97. The molecule has 0 aliphatic carbocycles. The molecular weight excluding hydrogens is 348 g/mol. The van der Waals surface area contributed by atoms with Crippen LogP contribution in [0.5, 0.6) is 0 Å². The minimum absolute atomic E-state index is 0.221. The van der Waals surface area contributed by atoms with Gasteiger partial charge in [0, 0.05) is 16.7 Å². The summed E-state index contributed by atoms with van der Waals surface area (Å²) >= 11 is 8.72. The van der Waals surface area contributed by atoms with E-state index in [2.05, 4.69) is 21.2 Å². The van der Waals surface area contributed by atoms with Crippen LogP contribution in [0.4, 0.5) is 5.69 Å². The van der Waals surface area contributed by atoms with Crippen LogP contribution in [-0.4, -0.2) is 17.6 Å². The summed E-state index contributed by atoms with van der Waals surface area (Å²) in [6.45, 7) is 2.67. The fraction of sp³-hybridized carbons (Fsp3) is 0.125. The van der Waals surface area contributed by atoms with Crippen molar-refractivity contribution in [2.75, 3.05) is 11.4 Å². The van der Waals surface area contributed by atoms with Crippen LogP contribution < -0.4 is 10.2 Å². The summed E-state index contributed by atoms with van der Waals surface area (Å²) in [5.74, 6) is -0.221. The number of thiocarbonyl (C=S) groups is 1. The number of nitrogens with zero attached hydrogens (tertiary/aromatic N) is 1. The van der Waals surface area contributed by atoms with Crippen molar-refractivity contribution < 1.29 is 4.79 Å². The van der Waals surface area contributed by atoms with Gasteiger partial charge in [-0.2, -0.15) is 0 Å². The van der Waals surface area contributed by atoms with Crippen molar-refractivity contribution in [2.45, 2.75) is 6.92 Å². The molecule has 0 spiro atoms. The Bertz CT molecular complexity index is 646. The van der Waals surface area contributed by atoms with E-state index in [0.717, 1.165) is 10.2 Å². The second kappa shape index (κ2) is 7.33. The molecule has 108 valence electrons. The van der Waals surface area contributed by atoms with E-state index in [1.807, 2.05) is 60.4 Å². The first-order valence-electron chi connectivity index (χ1n) is 6.56. The molecule has 0 heterocycles. The molecule has 0 saturated carbocycles. The Morgan fingerprint density at radius 1 is 1.14 bits per heavy atom. The van der Waals surface area contributed by atoms with Crippen molar-refractivity contribution in [3.8, 4) is 0 Å². The van der Waals surface area contributed by atoms with Gasteiger partial charge in [0.05, 0.1) is 5.56 Å². The number of carbonyl (C=O) groups excluding carboxylic acids is 1. The molecule has 21 heavy (non-hydrogen) atoms. The molecule has 0 atom stereocenters. The van der Waals surface area contributed by atoms with E-state index in [4.69, 9.17) is 12.2 Å². The Balaban J connectivity index is 2.13. The number of hydrogen-bond donors (Lipinski definition) is 1. The number of halogens is 1. The normalized spacial score (nSPS) is 10.0. The molecule has 2 aromatic carbocycles. The summed E-state index contributed by atoms with van der Waals surface area (Å²) in [4.78, 5) is 14.2. The van der Waals surface area contributed by atoms with Crippen molar-refractivity contribution in [1.82, 2.24) is 5.32 Å². The Labute approximate surface area is 138 Å². The Morgan fingerprint density at radius 2 is 1.76 bits per heavy atom. The molecule has 2 aromatic rings. The van der Waals surface area contributed by atoms with Gasteiger partial charge < -0.3 is 4.90 Å². The molecule has 0 aliphatic rings. The molecule has 1 N–H and O–H groups in total. The number of para-hydroxylation sites is 1. The topological polar surface area (TPSA) is 32.3 Å². The van der Waals surface area contributed by atoms with Crippen LogP contribution >= 0.6 is 28.1 Å². The van der Waals surface area contributed by atoms with E-state index in [9.17, 15) is 4.79 Å². The maximum atomic E-state index is 12.3. The fourth-order valence-electron chi connectivity index (χ4n) is 1.93. The molecule has 0 fully saturated rings. The Morgan fingerprint density at radius 3 is 2.38 bits per heavy atom. The van der Waals surface area contributed by atoms with Crippen molar-refractivity contribution in [2.24, 2.45) is 0 Å². The monoisotopic (exact) mass is 362 g/mol. The van der Waals surface area contributed by atoms with Crippen molar-refractivity contribution in [3.63, 3.8) is 0 Å². The summed E-state index contributed by atoms with van der Waals surface area (Å²) in [7, 11) is 0. The second-order valence-corrected chi connectivity index (χ2v) is 5.56. The van der Waals surface area contributed by atoms with Gasteiger partial charge in [-0.25, -0.2) is 0 Å². The molecule has 0 unspecified atom stereocenters. The van der Waals surface area contributed by atoms with Crippen LogP contribution in [0.2, 0.25) is 0 Å². The van der Waals surface area contributed by atoms with E-state index in [0.29, 0.717) is 17.2 Å². The summed E-state index contributed by atoms with van der Waals surface area (Å²) < 4.78 is 0.744. The average molecular weight is 363 g/mol. The zero-order valence-electron chi connectivity index (χ0n) is 11.5. The summed E-state index contributed by atoms with van der Waals surface area (Å²) in [6, 6.07) is 17.0. The molecule has 0 aromatic heterocycles. The number of benzene rings is 2. The first kappa shape index (κ1) is 15.7. The van der Waals surface area contributed by atoms with Crippen LogP contribution in [0.1, 0.15) is 17.3 Å². The van der Waals surface area contributed by atoms with Gasteiger partial charge in [0.25, 0.3) is 5.91 Å². The minimum Gasteiger partial charge on any atom is -0.319 e. The van der Waals surface area contributed by atoms with Gasteiger partial charge in [-0.3, -0.25) is 10.1 Å². The highest BCUT2D eigenvalue weighted by Gasteiger charge is 2.15. The van der Waals surface area contributed by atoms with Crippen LogP contribution in [0.3, 0.4) is 0 Å². The number of rotatable bonds is 3. The van der Waals surface area contributed by atoms with Gasteiger partial charge in [0.2, 0.25) is 0 Å². The molecule has 0 radical (unpaired) electrons.